The largest absolute Gasteiger partial charge is 0.0590 e. The minimum Gasteiger partial charge on any atom is -0.0590 e. The molecule has 0 aromatic heterocycles. The van der Waals surface area contributed by atoms with Crippen molar-refractivity contribution in [3.05, 3.63) is 142 Å². The lowest BCUT2D eigenvalue weighted by molar-refractivity contribution is 0.918. The van der Waals surface area contributed by atoms with Gasteiger partial charge in [0.25, 0.3) is 0 Å². The van der Waals surface area contributed by atoms with Gasteiger partial charge in [-0.2, -0.15) is 0 Å². The molecule has 30 heavy (non-hydrogen) atoms. The molecular formula is C30H30. The highest BCUT2D eigenvalue weighted by atomic mass is 14.1. The summed E-state index contributed by atoms with van der Waals surface area (Å²) in [6.07, 6.45) is 1.98. The van der Waals surface area contributed by atoms with Gasteiger partial charge >= 0.3 is 0 Å². The monoisotopic (exact) mass is 390 g/mol. The zero-order chi connectivity index (χ0) is 20.9. The SMILES string of the molecule is Cc1ccc(Cc2ccc(C(C)c3ccc(Cc4ccc(C)cc4)cc3)cc2)cc1. The van der Waals surface area contributed by atoms with Crippen molar-refractivity contribution in [2.24, 2.45) is 0 Å². The van der Waals surface area contributed by atoms with E-state index in [1.807, 2.05) is 0 Å². The lowest BCUT2D eigenvalue weighted by atomic mass is 9.91. The van der Waals surface area contributed by atoms with E-state index in [0.717, 1.165) is 12.8 Å². The van der Waals surface area contributed by atoms with Crippen LogP contribution in [0, 0.1) is 13.8 Å². The van der Waals surface area contributed by atoms with E-state index < -0.39 is 0 Å². The first-order valence-corrected chi connectivity index (χ1v) is 10.9. The van der Waals surface area contributed by atoms with Crippen LogP contribution in [-0.2, 0) is 12.8 Å². The molecule has 0 saturated carbocycles. The molecule has 150 valence electrons. The summed E-state index contributed by atoms with van der Waals surface area (Å²) in [5.74, 6) is 0.395. The van der Waals surface area contributed by atoms with E-state index in [4.69, 9.17) is 0 Å². The number of hydrogen-bond acceptors (Lipinski definition) is 0. The van der Waals surface area contributed by atoms with Gasteiger partial charge in [-0.1, -0.05) is 115 Å². The smallest absolute Gasteiger partial charge is 0.00610 e. The van der Waals surface area contributed by atoms with Crippen molar-refractivity contribution in [1.82, 2.24) is 0 Å². The highest BCUT2D eigenvalue weighted by Gasteiger charge is 2.09. The Kier molecular flexibility index (Phi) is 6.14. The molecule has 0 N–H and O–H groups in total. The number of aryl methyl sites for hydroxylation is 2. The molecule has 4 rings (SSSR count). The Bertz CT molecular complexity index is 976. The number of benzene rings is 4. The first-order valence-electron chi connectivity index (χ1n) is 10.9. The maximum atomic E-state index is 2.30. The fourth-order valence-electron chi connectivity index (χ4n) is 3.92. The van der Waals surface area contributed by atoms with Crippen molar-refractivity contribution in [2.45, 2.75) is 39.5 Å². The second kappa shape index (κ2) is 9.13. The maximum absolute atomic E-state index is 2.30. The molecule has 0 heteroatoms. The molecule has 0 amide bonds. The van der Waals surface area contributed by atoms with E-state index in [0.29, 0.717) is 5.92 Å². The summed E-state index contributed by atoms with van der Waals surface area (Å²) >= 11 is 0. The first kappa shape index (κ1) is 20.2. The van der Waals surface area contributed by atoms with Crippen LogP contribution in [0.5, 0.6) is 0 Å². The van der Waals surface area contributed by atoms with Gasteiger partial charge in [0.2, 0.25) is 0 Å². The second-order valence-corrected chi connectivity index (χ2v) is 8.53. The van der Waals surface area contributed by atoms with Crippen LogP contribution < -0.4 is 0 Å². The molecule has 0 heterocycles. The lowest BCUT2D eigenvalue weighted by Gasteiger charge is -2.14. The molecular weight excluding hydrogens is 360 g/mol. The van der Waals surface area contributed by atoms with Crippen molar-refractivity contribution >= 4 is 0 Å². The molecule has 0 aliphatic carbocycles. The zero-order valence-corrected chi connectivity index (χ0v) is 18.2. The van der Waals surface area contributed by atoms with Gasteiger partial charge in [-0.3, -0.25) is 0 Å². The van der Waals surface area contributed by atoms with E-state index in [-0.39, 0.29) is 0 Å². The van der Waals surface area contributed by atoms with Crippen molar-refractivity contribution in [3.8, 4) is 0 Å². The van der Waals surface area contributed by atoms with Gasteiger partial charge in [0.05, 0.1) is 0 Å². The zero-order valence-electron chi connectivity index (χ0n) is 18.2. The average Bonchev–Trinajstić information content (AvgIpc) is 2.77. The van der Waals surface area contributed by atoms with E-state index in [2.05, 4.69) is 118 Å². The molecule has 0 fully saturated rings. The van der Waals surface area contributed by atoms with Crippen molar-refractivity contribution in [3.63, 3.8) is 0 Å². The standard InChI is InChI=1S/C30H30/c1-22-4-8-25(9-5-22)20-27-12-16-29(17-13-27)24(3)30-18-14-28(15-19-30)21-26-10-6-23(2)7-11-26/h4-19,24H,20-21H2,1-3H3. The van der Waals surface area contributed by atoms with Crippen molar-refractivity contribution in [2.75, 3.05) is 0 Å². The Morgan fingerprint density at radius 2 is 0.700 bits per heavy atom. The summed E-state index contributed by atoms with van der Waals surface area (Å²) in [6, 6.07) is 35.9. The molecule has 0 unspecified atom stereocenters. The first-order chi connectivity index (χ1) is 14.6. The third-order valence-electron chi connectivity index (χ3n) is 6.02. The normalized spacial score (nSPS) is 11.1. The van der Waals surface area contributed by atoms with Crippen LogP contribution in [0.1, 0.15) is 57.3 Å². The summed E-state index contributed by atoms with van der Waals surface area (Å²) < 4.78 is 0. The van der Waals surface area contributed by atoms with Crippen LogP contribution >= 0.6 is 0 Å². The summed E-state index contributed by atoms with van der Waals surface area (Å²) in [5, 5.41) is 0. The van der Waals surface area contributed by atoms with Crippen LogP contribution in [0.25, 0.3) is 0 Å². The molecule has 0 spiro atoms. The van der Waals surface area contributed by atoms with Gasteiger partial charge in [-0.25, -0.2) is 0 Å². The molecule has 0 nitrogen and oxygen atoms in total. The minimum atomic E-state index is 0.395. The highest BCUT2D eigenvalue weighted by molar-refractivity contribution is 5.37. The predicted octanol–water partition coefficient (Wildman–Crippen LogP) is 7.64. The molecule has 0 radical (unpaired) electrons. The second-order valence-electron chi connectivity index (χ2n) is 8.53. The molecule has 0 saturated heterocycles. The topological polar surface area (TPSA) is 0 Å². The van der Waals surface area contributed by atoms with Gasteiger partial charge in [-0.05, 0) is 60.1 Å². The van der Waals surface area contributed by atoms with Crippen LogP contribution in [0.4, 0.5) is 0 Å². The molecule has 0 aliphatic heterocycles. The highest BCUT2D eigenvalue weighted by Crippen LogP contribution is 2.25. The number of rotatable bonds is 6. The Labute approximate surface area is 181 Å². The summed E-state index contributed by atoms with van der Waals surface area (Å²) in [6.45, 7) is 6.56. The van der Waals surface area contributed by atoms with E-state index >= 15 is 0 Å². The summed E-state index contributed by atoms with van der Waals surface area (Å²) in [5.41, 5.74) is 10.8. The maximum Gasteiger partial charge on any atom is 0.00610 e. The fraction of sp³-hybridized carbons (Fsp3) is 0.200. The Balaban J connectivity index is 1.41. The molecule has 0 atom stereocenters. The third kappa shape index (κ3) is 5.07. The van der Waals surface area contributed by atoms with Gasteiger partial charge < -0.3 is 0 Å². The quantitative estimate of drug-likeness (QED) is 0.317. The number of hydrogen-bond donors (Lipinski definition) is 0. The summed E-state index contributed by atoms with van der Waals surface area (Å²) in [7, 11) is 0. The van der Waals surface area contributed by atoms with E-state index in [1.165, 1.54) is 44.5 Å². The Morgan fingerprint density at radius 1 is 0.433 bits per heavy atom. The minimum absolute atomic E-state index is 0.395. The van der Waals surface area contributed by atoms with Crippen molar-refractivity contribution < 1.29 is 0 Å². The van der Waals surface area contributed by atoms with Gasteiger partial charge in [0, 0.05) is 5.92 Å². The molecule has 4 aromatic carbocycles. The lowest BCUT2D eigenvalue weighted by Crippen LogP contribution is -1.98. The van der Waals surface area contributed by atoms with Crippen LogP contribution in [-0.4, -0.2) is 0 Å². The van der Waals surface area contributed by atoms with Gasteiger partial charge in [0.15, 0.2) is 0 Å². The van der Waals surface area contributed by atoms with Crippen LogP contribution in [0.2, 0.25) is 0 Å². The summed E-state index contributed by atoms with van der Waals surface area (Å²) in [4.78, 5) is 0. The van der Waals surface area contributed by atoms with Gasteiger partial charge in [-0.15, -0.1) is 0 Å². The van der Waals surface area contributed by atoms with Crippen LogP contribution in [0.3, 0.4) is 0 Å². The Morgan fingerprint density at radius 3 is 1.00 bits per heavy atom. The molecule has 0 bridgehead atoms. The predicted molar refractivity (Wildman–Crippen MR) is 128 cm³/mol. The molecule has 4 aromatic rings. The van der Waals surface area contributed by atoms with Gasteiger partial charge in [0.1, 0.15) is 0 Å². The Hall–Kier alpha value is -3.12. The van der Waals surface area contributed by atoms with Crippen molar-refractivity contribution in [1.29, 1.82) is 0 Å². The van der Waals surface area contributed by atoms with Crippen LogP contribution in [0.15, 0.2) is 97.1 Å². The fourth-order valence-corrected chi connectivity index (χ4v) is 3.92. The third-order valence-corrected chi connectivity index (χ3v) is 6.02. The van der Waals surface area contributed by atoms with E-state index in [9.17, 15) is 0 Å². The van der Waals surface area contributed by atoms with E-state index in [1.54, 1.807) is 0 Å². The molecule has 0 aliphatic rings. The average molecular weight is 391 g/mol.